The fraction of sp³-hybridized carbons (Fsp3) is 0.364. The van der Waals surface area contributed by atoms with Crippen molar-refractivity contribution in [1.29, 1.82) is 0 Å². The summed E-state index contributed by atoms with van der Waals surface area (Å²) in [6.07, 6.45) is 1.09. The zero-order valence-electron chi connectivity index (χ0n) is 8.28. The number of hydrogen-bond acceptors (Lipinski definition) is 0. The van der Waals surface area contributed by atoms with Crippen LogP contribution in [0.3, 0.4) is 0 Å². The molecule has 0 aliphatic carbocycles. The van der Waals surface area contributed by atoms with E-state index >= 15 is 0 Å². The fourth-order valence-electron chi connectivity index (χ4n) is 1.34. The van der Waals surface area contributed by atoms with Crippen molar-refractivity contribution in [3.8, 4) is 0 Å². The SMILES string of the molecule is CC(C)Cc1ccccc1[CH]=[Ru]([Cl])[Cl]. The van der Waals surface area contributed by atoms with Gasteiger partial charge in [-0.1, -0.05) is 0 Å². The van der Waals surface area contributed by atoms with Gasteiger partial charge in [0, 0.05) is 0 Å². The molecule has 0 aromatic heterocycles. The molecular weight excluding hydrogens is 304 g/mol. The molecule has 0 spiro atoms. The van der Waals surface area contributed by atoms with Crippen LogP contribution in [0.2, 0.25) is 0 Å². The van der Waals surface area contributed by atoms with Gasteiger partial charge < -0.3 is 0 Å². The zero-order valence-corrected chi connectivity index (χ0v) is 11.5. The molecule has 0 atom stereocenters. The maximum absolute atomic E-state index is 5.87. The molecule has 0 aliphatic rings. The molecule has 80 valence electrons. The summed E-state index contributed by atoms with van der Waals surface area (Å²) < 4.78 is 2.02. The predicted molar refractivity (Wildman–Crippen MR) is 61.9 cm³/mol. The van der Waals surface area contributed by atoms with E-state index < -0.39 is 13.5 Å². The van der Waals surface area contributed by atoms with Crippen molar-refractivity contribution in [2.75, 3.05) is 0 Å². The third-order valence-corrected chi connectivity index (χ3v) is 3.70. The first-order chi connectivity index (χ1) is 6.59. The Bertz CT molecular complexity index is 328. The van der Waals surface area contributed by atoms with E-state index in [0.29, 0.717) is 5.92 Å². The molecule has 1 rings (SSSR count). The normalized spacial score (nSPS) is 11.6. The summed E-state index contributed by atoms with van der Waals surface area (Å²) >= 11 is -1.69. The second kappa shape index (κ2) is 6.00. The monoisotopic (exact) mass is 318 g/mol. The number of rotatable bonds is 3. The average Bonchev–Trinajstić information content (AvgIpc) is 2.06. The quantitative estimate of drug-likeness (QED) is 0.740. The molecule has 0 nitrogen and oxygen atoms in total. The van der Waals surface area contributed by atoms with E-state index in [2.05, 4.69) is 32.0 Å². The Hall–Kier alpha value is 0.293. The predicted octanol–water partition coefficient (Wildman–Crippen LogP) is 3.96. The minimum absolute atomic E-state index is 0.663. The Kier molecular flexibility index (Phi) is 5.30. The maximum atomic E-state index is 5.87. The Morgan fingerprint density at radius 1 is 1.29 bits per heavy atom. The number of benzene rings is 1. The van der Waals surface area contributed by atoms with Gasteiger partial charge >= 0.3 is 99.1 Å². The van der Waals surface area contributed by atoms with Gasteiger partial charge in [0.15, 0.2) is 0 Å². The third-order valence-electron chi connectivity index (χ3n) is 1.87. The van der Waals surface area contributed by atoms with E-state index in [9.17, 15) is 0 Å². The summed E-state index contributed by atoms with van der Waals surface area (Å²) in [6.45, 7) is 4.43. The van der Waals surface area contributed by atoms with Crippen LogP contribution in [0.15, 0.2) is 24.3 Å². The average molecular weight is 318 g/mol. The van der Waals surface area contributed by atoms with Gasteiger partial charge in [0.2, 0.25) is 0 Å². The molecular formula is C11H14Cl2Ru. The second-order valence-electron chi connectivity index (χ2n) is 3.60. The van der Waals surface area contributed by atoms with E-state index in [1.807, 2.05) is 10.7 Å². The van der Waals surface area contributed by atoms with Crippen molar-refractivity contribution in [3.63, 3.8) is 0 Å². The second-order valence-corrected chi connectivity index (χ2v) is 9.33. The molecule has 14 heavy (non-hydrogen) atoms. The Morgan fingerprint density at radius 3 is 2.50 bits per heavy atom. The molecule has 1 aromatic carbocycles. The summed E-state index contributed by atoms with van der Waals surface area (Å²) in [5, 5.41) is 0. The van der Waals surface area contributed by atoms with Gasteiger partial charge in [-0.2, -0.15) is 0 Å². The molecule has 3 heteroatoms. The van der Waals surface area contributed by atoms with Crippen molar-refractivity contribution < 1.29 is 13.5 Å². The summed E-state index contributed by atoms with van der Waals surface area (Å²) in [5.74, 6) is 0.663. The molecule has 0 saturated heterocycles. The minimum atomic E-state index is -1.69. The number of hydrogen-bond donors (Lipinski definition) is 0. The molecule has 0 amide bonds. The first-order valence-electron chi connectivity index (χ1n) is 4.50. The van der Waals surface area contributed by atoms with Crippen LogP contribution in [0.25, 0.3) is 0 Å². The van der Waals surface area contributed by atoms with Gasteiger partial charge in [0.25, 0.3) is 0 Å². The van der Waals surface area contributed by atoms with Gasteiger partial charge in [0.05, 0.1) is 0 Å². The van der Waals surface area contributed by atoms with E-state index in [1.165, 1.54) is 11.1 Å². The van der Waals surface area contributed by atoms with Crippen molar-refractivity contribution in [1.82, 2.24) is 0 Å². The van der Waals surface area contributed by atoms with Crippen LogP contribution in [0.4, 0.5) is 0 Å². The molecule has 0 heterocycles. The summed E-state index contributed by atoms with van der Waals surface area (Å²) in [7, 11) is 11.7. The molecule has 0 saturated carbocycles. The molecule has 0 aliphatic heterocycles. The first kappa shape index (κ1) is 12.4. The van der Waals surface area contributed by atoms with Crippen LogP contribution >= 0.6 is 19.4 Å². The van der Waals surface area contributed by atoms with E-state index in [0.717, 1.165) is 6.42 Å². The Morgan fingerprint density at radius 2 is 1.93 bits per heavy atom. The van der Waals surface area contributed by atoms with E-state index in [1.54, 1.807) is 0 Å². The van der Waals surface area contributed by atoms with Gasteiger partial charge in [0.1, 0.15) is 0 Å². The van der Waals surface area contributed by atoms with Crippen molar-refractivity contribution >= 4 is 24.0 Å². The number of halogens is 2. The van der Waals surface area contributed by atoms with Crippen molar-refractivity contribution in [2.24, 2.45) is 5.92 Å². The molecule has 0 N–H and O–H groups in total. The summed E-state index contributed by atoms with van der Waals surface area (Å²) in [4.78, 5) is 0. The van der Waals surface area contributed by atoms with Gasteiger partial charge in [-0.05, 0) is 0 Å². The molecule has 0 unspecified atom stereocenters. The summed E-state index contributed by atoms with van der Waals surface area (Å²) in [6, 6.07) is 8.33. The van der Waals surface area contributed by atoms with Gasteiger partial charge in [-0.3, -0.25) is 0 Å². The van der Waals surface area contributed by atoms with Crippen LogP contribution in [0.5, 0.6) is 0 Å². The van der Waals surface area contributed by atoms with Crippen LogP contribution in [-0.4, -0.2) is 4.61 Å². The van der Waals surface area contributed by atoms with Crippen LogP contribution in [0, 0.1) is 5.92 Å². The first-order valence-corrected chi connectivity index (χ1v) is 9.98. The Labute approximate surface area is 98.7 Å². The fourth-order valence-corrected chi connectivity index (χ4v) is 3.22. The molecule has 1 aromatic rings. The van der Waals surface area contributed by atoms with Gasteiger partial charge in [-0.25, -0.2) is 0 Å². The third kappa shape index (κ3) is 4.21. The molecule has 0 radical (unpaired) electrons. The Balaban J connectivity index is 2.97. The van der Waals surface area contributed by atoms with E-state index in [4.69, 9.17) is 19.4 Å². The van der Waals surface area contributed by atoms with E-state index in [-0.39, 0.29) is 0 Å². The topological polar surface area (TPSA) is 0 Å². The zero-order chi connectivity index (χ0) is 10.6. The van der Waals surface area contributed by atoms with Crippen molar-refractivity contribution in [3.05, 3.63) is 35.4 Å². The van der Waals surface area contributed by atoms with Crippen LogP contribution < -0.4 is 0 Å². The van der Waals surface area contributed by atoms with Crippen LogP contribution in [0.1, 0.15) is 25.0 Å². The molecule has 0 bridgehead atoms. The molecule has 0 fully saturated rings. The summed E-state index contributed by atoms with van der Waals surface area (Å²) in [5.41, 5.74) is 2.56. The van der Waals surface area contributed by atoms with Crippen molar-refractivity contribution in [2.45, 2.75) is 20.3 Å². The van der Waals surface area contributed by atoms with Gasteiger partial charge in [-0.15, -0.1) is 0 Å². The van der Waals surface area contributed by atoms with Crippen LogP contribution in [-0.2, 0) is 19.9 Å². The standard InChI is InChI=1S/C11H14.2ClH.Ru/c1-9(2)8-11-7-5-4-6-10(11)3;;;/h3-7,9H,8H2,1-2H3;2*1H;/q;;;+2/p-2.